The Kier molecular flexibility index (Phi) is 2.95. The van der Waals surface area contributed by atoms with Crippen LogP contribution in [0.5, 0.6) is 5.75 Å². The lowest BCUT2D eigenvalue weighted by Gasteiger charge is -2.07. The summed E-state index contributed by atoms with van der Waals surface area (Å²) >= 11 is 0. The summed E-state index contributed by atoms with van der Waals surface area (Å²) in [6, 6.07) is 9.43. The van der Waals surface area contributed by atoms with Gasteiger partial charge in [0, 0.05) is 0 Å². The number of hydrogen-bond donors (Lipinski definition) is 1. The minimum atomic E-state index is 0.252. The van der Waals surface area contributed by atoms with Gasteiger partial charge in [-0.3, -0.25) is 0 Å². The monoisotopic (exact) mass is 270 g/mol. The van der Waals surface area contributed by atoms with Gasteiger partial charge in [0.2, 0.25) is 5.88 Å². The van der Waals surface area contributed by atoms with Gasteiger partial charge in [0.1, 0.15) is 5.75 Å². The second-order valence-electron chi connectivity index (χ2n) is 4.43. The lowest BCUT2D eigenvalue weighted by molar-refractivity contribution is 0.412. The Hall–Kier alpha value is -2.69. The predicted octanol–water partition coefficient (Wildman–Crippen LogP) is 3.50. The average Bonchev–Trinajstić information content (AvgIpc) is 3.08. The zero-order valence-electron chi connectivity index (χ0n) is 11.2. The van der Waals surface area contributed by atoms with E-state index in [1.165, 1.54) is 0 Å². The molecule has 0 aliphatic heterocycles. The molecule has 20 heavy (non-hydrogen) atoms. The summed E-state index contributed by atoms with van der Waals surface area (Å²) in [6.45, 7) is 1.98. The van der Waals surface area contributed by atoms with Gasteiger partial charge >= 0.3 is 0 Å². The van der Waals surface area contributed by atoms with Gasteiger partial charge in [-0.2, -0.15) is 0 Å². The van der Waals surface area contributed by atoms with Crippen LogP contribution in [0.3, 0.4) is 0 Å². The van der Waals surface area contributed by atoms with E-state index in [4.69, 9.17) is 19.4 Å². The van der Waals surface area contributed by atoms with Crippen LogP contribution < -0.4 is 10.5 Å². The molecule has 2 heterocycles. The molecule has 2 aromatic heterocycles. The fraction of sp³-hybridized carbons (Fsp3) is 0.133. The summed E-state index contributed by atoms with van der Waals surface area (Å²) in [5, 5.41) is 3.98. The Morgan fingerprint density at radius 2 is 2.10 bits per heavy atom. The Labute approximate surface area is 115 Å². The second-order valence-corrected chi connectivity index (χ2v) is 4.43. The molecule has 5 nitrogen and oxygen atoms in total. The van der Waals surface area contributed by atoms with Crippen LogP contribution in [0.1, 0.15) is 5.56 Å². The summed E-state index contributed by atoms with van der Waals surface area (Å²) < 4.78 is 15.8. The first-order valence-corrected chi connectivity index (χ1v) is 6.14. The molecular weight excluding hydrogens is 256 g/mol. The Balaban J connectivity index is 2.17. The highest BCUT2D eigenvalue weighted by molar-refractivity contribution is 5.85. The number of ether oxygens (including phenoxy) is 1. The lowest BCUT2D eigenvalue weighted by atomic mass is 10.0. The average molecular weight is 270 g/mol. The maximum Gasteiger partial charge on any atom is 0.230 e. The van der Waals surface area contributed by atoms with Crippen molar-refractivity contribution in [2.75, 3.05) is 12.8 Å². The third-order valence-corrected chi connectivity index (χ3v) is 3.17. The highest BCUT2D eigenvalue weighted by Gasteiger charge is 2.20. The molecule has 0 saturated carbocycles. The first-order valence-electron chi connectivity index (χ1n) is 6.14. The van der Waals surface area contributed by atoms with E-state index in [1.807, 2.05) is 31.2 Å². The van der Waals surface area contributed by atoms with Crippen molar-refractivity contribution in [3.63, 3.8) is 0 Å². The van der Waals surface area contributed by atoms with E-state index in [-0.39, 0.29) is 5.88 Å². The van der Waals surface area contributed by atoms with Crippen LogP contribution in [0, 0.1) is 6.92 Å². The number of benzene rings is 1. The number of furan rings is 1. The smallest absolute Gasteiger partial charge is 0.230 e. The minimum Gasteiger partial charge on any atom is -0.496 e. The lowest BCUT2D eigenvalue weighted by Crippen LogP contribution is -1.91. The van der Waals surface area contributed by atoms with E-state index >= 15 is 0 Å². The topological polar surface area (TPSA) is 74.4 Å². The predicted molar refractivity (Wildman–Crippen MR) is 75.3 cm³/mol. The quantitative estimate of drug-likeness (QED) is 0.788. The number of nitrogen functional groups attached to an aromatic ring is 1. The van der Waals surface area contributed by atoms with Crippen molar-refractivity contribution in [2.45, 2.75) is 6.92 Å². The third-order valence-electron chi connectivity index (χ3n) is 3.17. The molecule has 2 N–H and O–H groups in total. The highest BCUT2D eigenvalue weighted by Crippen LogP contribution is 2.38. The third kappa shape index (κ3) is 1.93. The number of aromatic nitrogens is 1. The van der Waals surface area contributed by atoms with Crippen molar-refractivity contribution in [3.05, 3.63) is 42.2 Å². The second kappa shape index (κ2) is 4.77. The van der Waals surface area contributed by atoms with Crippen LogP contribution in [-0.2, 0) is 0 Å². The molecule has 0 atom stereocenters. The Bertz CT molecular complexity index is 730. The number of nitrogens with two attached hydrogens (primary N) is 1. The fourth-order valence-electron chi connectivity index (χ4n) is 2.14. The first kappa shape index (κ1) is 12.3. The molecule has 3 rings (SSSR count). The van der Waals surface area contributed by atoms with E-state index < -0.39 is 0 Å². The van der Waals surface area contributed by atoms with Gasteiger partial charge in [0.05, 0.1) is 18.9 Å². The van der Waals surface area contributed by atoms with Gasteiger partial charge in [0.15, 0.2) is 11.5 Å². The molecular formula is C15H14N2O3. The minimum absolute atomic E-state index is 0.252. The number of hydrogen-bond acceptors (Lipinski definition) is 5. The zero-order valence-corrected chi connectivity index (χ0v) is 11.2. The fourth-order valence-corrected chi connectivity index (χ4v) is 2.14. The molecule has 0 amide bonds. The van der Waals surface area contributed by atoms with Crippen molar-refractivity contribution in [2.24, 2.45) is 0 Å². The van der Waals surface area contributed by atoms with E-state index in [1.54, 1.807) is 19.4 Å². The van der Waals surface area contributed by atoms with Crippen molar-refractivity contribution in [3.8, 4) is 28.3 Å². The number of methoxy groups -OCH3 is 1. The van der Waals surface area contributed by atoms with Crippen LogP contribution in [0.2, 0.25) is 0 Å². The van der Waals surface area contributed by atoms with Crippen LogP contribution in [0.15, 0.2) is 45.5 Å². The zero-order chi connectivity index (χ0) is 14.1. The molecule has 1 aromatic carbocycles. The molecule has 0 saturated heterocycles. The highest BCUT2D eigenvalue weighted by atomic mass is 16.5. The standard InChI is InChI=1S/C15H14N2O3/c1-9-5-6-10(8-12(9)18-2)13-14(17-20-15(13)16)11-4-3-7-19-11/h3-8H,16H2,1-2H3. The van der Waals surface area contributed by atoms with Gasteiger partial charge in [-0.05, 0) is 36.2 Å². The number of anilines is 1. The number of nitrogens with zero attached hydrogens (tertiary/aromatic N) is 1. The molecule has 0 aliphatic rings. The largest absolute Gasteiger partial charge is 0.496 e. The molecule has 102 valence electrons. The van der Waals surface area contributed by atoms with Gasteiger partial charge in [-0.1, -0.05) is 17.3 Å². The maximum absolute atomic E-state index is 5.90. The van der Waals surface area contributed by atoms with E-state index in [0.717, 1.165) is 16.9 Å². The van der Waals surface area contributed by atoms with E-state index in [9.17, 15) is 0 Å². The summed E-state index contributed by atoms with van der Waals surface area (Å²) in [5.41, 5.74) is 9.11. The number of rotatable bonds is 3. The molecule has 5 heteroatoms. The van der Waals surface area contributed by atoms with E-state index in [0.29, 0.717) is 17.0 Å². The summed E-state index contributed by atoms with van der Waals surface area (Å²) in [7, 11) is 1.64. The van der Waals surface area contributed by atoms with Crippen molar-refractivity contribution < 1.29 is 13.7 Å². The van der Waals surface area contributed by atoms with Crippen LogP contribution >= 0.6 is 0 Å². The summed E-state index contributed by atoms with van der Waals surface area (Å²) in [5.74, 6) is 1.65. The molecule has 0 fully saturated rings. The van der Waals surface area contributed by atoms with Crippen molar-refractivity contribution in [1.82, 2.24) is 5.16 Å². The SMILES string of the molecule is COc1cc(-c2c(-c3ccco3)noc2N)ccc1C. The summed E-state index contributed by atoms with van der Waals surface area (Å²) in [6.07, 6.45) is 1.58. The molecule has 0 radical (unpaired) electrons. The van der Waals surface area contributed by atoms with Gasteiger partial charge < -0.3 is 19.4 Å². The van der Waals surface area contributed by atoms with Crippen LogP contribution in [0.4, 0.5) is 5.88 Å². The van der Waals surface area contributed by atoms with Gasteiger partial charge in [-0.15, -0.1) is 0 Å². The molecule has 0 spiro atoms. The Morgan fingerprint density at radius 3 is 2.80 bits per heavy atom. The van der Waals surface area contributed by atoms with Crippen molar-refractivity contribution >= 4 is 5.88 Å². The Morgan fingerprint density at radius 1 is 1.25 bits per heavy atom. The van der Waals surface area contributed by atoms with Crippen LogP contribution in [0.25, 0.3) is 22.6 Å². The van der Waals surface area contributed by atoms with Crippen molar-refractivity contribution in [1.29, 1.82) is 0 Å². The molecule has 0 aliphatic carbocycles. The molecule has 0 bridgehead atoms. The molecule has 3 aromatic rings. The summed E-state index contributed by atoms with van der Waals surface area (Å²) in [4.78, 5) is 0. The first-order chi connectivity index (χ1) is 9.70. The molecule has 0 unspecified atom stereocenters. The maximum atomic E-state index is 5.90. The van der Waals surface area contributed by atoms with Crippen LogP contribution in [-0.4, -0.2) is 12.3 Å². The number of aryl methyl sites for hydroxylation is 1. The van der Waals surface area contributed by atoms with Gasteiger partial charge in [0.25, 0.3) is 0 Å². The normalized spacial score (nSPS) is 10.7. The van der Waals surface area contributed by atoms with E-state index in [2.05, 4.69) is 5.16 Å². The van der Waals surface area contributed by atoms with Gasteiger partial charge in [-0.25, -0.2) is 0 Å².